The first-order chi connectivity index (χ1) is 8.72. The number of carboxylic acid groups (broad SMARTS) is 1. The van der Waals surface area contributed by atoms with E-state index in [1.165, 1.54) is 36.7 Å². The van der Waals surface area contributed by atoms with Gasteiger partial charge in [-0.15, -0.1) is 0 Å². The van der Waals surface area contributed by atoms with Crippen molar-refractivity contribution in [2.24, 2.45) is 0 Å². The van der Waals surface area contributed by atoms with Crippen molar-refractivity contribution in [3.63, 3.8) is 0 Å². The van der Waals surface area contributed by atoms with Crippen molar-refractivity contribution in [3.05, 3.63) is 48.3 Å². The van der Waals surface area contributed by atoms with Gasteiger partial charge in [-0.3, -0.25) is 0 Å². The third-order valence-corrected chi connectivity index (χ3v) is 2.20. The van der Waals surface area contributed by atoms with E-state index in [0.29, 0.717) is 11.3 Å². The molecule has 0 unspecified atom stereocenters. The zero-order valence-electron chi connectivity index (χ0n) is 9.19. The lowest BCUT2D eigenvalue weighted by Gasteiger charge is -2.16. The van der Waals surface area contributed by atoms with Crippen molar-refractivity contribution < 1.29 is 9.90 Å². The molecule has 88 valence electrons. The van der Waals surface area contributed by atoms with E-state index < -0.39 is 6.09 Å². The van der Waals surface area contributed by atoms with E-state index in [1.54, 1.807) is 6.07 Å². The fourth-order valence-electron chi connectivity index (χ4n) is 1.40. The Labute approximate surface area is 103 Å². The van der Waals surface area contributed by atoms with Crippen LogP contribution < -0.4 is 4.90 Å². The highest BCUT2D eigenvalue weighted by Gasteiger charge is 2.18. The van der Waals surface area contributed by atoms with Crippen molar-refractivity contribution in [2.75, 3.05) is 4.90 Å². The fourth-order valence-corrected chi connectivity index (χ4v) is 1.40. The molecule has 0 aliphatic rings. The Hall–Kier alpha value is -2.94. The number of nitriles is 1. The lowest BCUT2D eigenvalue weighted by atomic mass is 10.2. The maximum atomic E-state index is 11.2. The van der Waals surface area contributed by atoms with Gasteiger partial charge in [0.1, 0.15) is 0 Å². The Balaban J connectivity index is 2.43. The van der Waals surface area contributed by atoms with E-state index in [2.05, 4.69) is 9.97 Å². The summed E-state index contributed by atoms with van der Waals surface area (Å²) >= 11 is 0. The van der Waals surface area contributed by atoms with Gasteiger partial charge in [0, 0.05) is 12.4 Å². The molecular weight excluding hydrogens is 232 g/mol. The second kappa shape index (κ2) is 4.93. The van der Waals surface area contributed by atoms with Gasteiger partial charge in [0.15, 0.2) is 0 Å². The van der Waals surface area contributed by atoms with E-state index in [0.717, 1.165) is 4.90 Å². The molecule has 0 radical (unpaired) electrons. The zero-order chi connectivity index (χ0) is 13.0. The summed E-state index contributed by atoms with van der Waals surface area (Å²) in [4.78, 5) is 20.0. The average molecular weight is 240 g/mol. The van der Waals surface area contributed by atoms with Crippen LogP contribution in [0.4, 0.5) is 16.4 Å². The maximum absolute atomic E-state index is 11.2. The van der Waals surface area contributed by atoms with Crippen molar-refractivity contribution in [2.45, 2.75) is 0 Å². The normalized spacial score (nSPS) is 9.50. The van der Waals surface area contributed by atoms with Crippen LogP contribution in [-0.4, -0.2) is 21.2 Å². The van der Waals surface area contributed by atoms with Gasteiger partial charge in [-0.25, -0.2) is 19.7 Å². The van der Waals surface area contributed by atoms with Crippen LogP contribution in [0.15, 0.2) is 42.7 Å². The third-order valence-electron chi connectivity index (χ3n) is 2.20. The molecule has 1 heterocycles. The topological polar surface area (TPSA) is 90.1 Å². The van der Waals surface area contributed by atoms with Crippen molar-refractivity contribution >= 4 is 17.7 Å². The molecule has 6 nitrogen and oxygen atoms in total. The van der Waals surface area contributed by atoms with E-state index in [-0.39, 0.29) is 5.95 Å². The molecule has 0 saturated carbocycles. The molecule has 1 aromatic heterocycles. The zero-order valence-corrected chi connectivity index (χ0v) is 9.19. The van der Waals surface area contributed by atoms with E-state index in [1.807, 2.05) is 6.07 Å². The van der Waals surface area contributed by atoms with Gasteiger partial charge in [-0.1, -0.05) is 0 Å². The van der Waals surface area contributed by atoms with Gasteiger partial charge in [-0.05, 0) is 30.3 Å². The molecule has 0 aliphatic carbocycles. The van der Waals surface area contributed by atoms with Crippen LogP contribution in [-0.2, 0) is 0 Å². The first kappa shape index (κ1) is 11.5. The molecule has 1 aromatic carbocycles. The van der Waals surface area contributed by atoms with Crippen molar-refractivity contribution in [1.29, 1.82) is 5.26 Å². The average Bonchev–Trinajstić information content (AvgIpc) is 2.40. The predicted octanol–water partition coefficient (Wildman–Crippen LogP) is 2.16. The van der Waals surface area contributed by atoms with Crippen LogP contribution in [0.1, 0.15) is 5.56 Å². The Morgan fingerprint density at radius 3 is 2.33 bits per heavy atom. The summed E-state index contributed by atoms with van der Waals surface area (Å²) < 4.78 is 0. The molecule has 6 heteroatoms. The number of carbonyl (C=O) groups is 1. The van der Waals surface area contributed by atoms with Gasteiger partial charge >= 0.3 is 6.09 Å². The maximum Gasteiger partial charge on any atom is 0.418 e. The van der Waals surface area contributed by atoms with Crippen LogP contribution >= 0.6 is 0 Å². The number of aromatic nitrogens is 2. The lowest BCUT2D eigenvalue weighted by Crippen LogP contribution is -2.25. The molecule has 1 N–H and O–H groups in total. The summed E-state index contributed by atoms with van der Waals surface area (Å²) in [6.45, 7) is 0. The van der Waals surface area contributed by atoms with Gasteiger partial charge in [0.2, 0.25) is 5.95 Å². The van der Waals surface area contributed by atoms with E-state index >= 15 is 0 Å². The second-order valence-electron chi connectivity index (χ2n) is 3.33. The Bertz CT molecular complexity index is 590. The van der Waals surface area contributed by atoms with E-state index in [4.69, 9.17) is 5.26 Å². The third kappa shape index (κ3) is 2.25. The van der Waals surface area contributed by atoms with Crippen molar-refractivity contribution in [3.8, 4) is 6.07 Å². The number of nitrogens with zero attached hydrogens (tertiary/aromatic N) is 4. The van der Waals surface area contributed by atoms with Crippen LogP contribution in [0, 0.1) is 11.3 Å². The molecule has 0 atom stereocenters. The number of rotatable bonds is 2. The van der Waals surface area contributed by atoms with Crippen LogP contribution in [0.5, 0.6) is 0 Å². The Morgan fingerprint density at radius 1 is 1.22 bits per heavy atom. The van der Waals surface area contributed by atoms with E-state index in [9.17, 15) is 9.90 Å². The molecule has 0 aliphatic heterocycles. The molecule has 0 bridgehead atoms. The number of benzene rings is 1. The fraction of sp³-hybridized carbons (Fsp3) is 0. The first-order valence-corrected chi connectivity index (χ1v) is 5.02. The Kier molecular flexibility index (Phi) is 3.16. The minimum absolute atomic E-state index is 0.0645. The monoisotopic (exact) mass is 240 g/mol. The summed E-state index contributed by atoms with van der Waals surface area (Å²) in [5.41, 5.74) is 0.839. The largest absolute Gasteiger partial charge is 0.464 e. The first-order valence-electron chi connectivity index (χ1n) is 5.02. The van der Waals surface area contributed by atoms with Crippen molar-refractivity contribution in [1.82, 2.24) is 9.97 Å². The predicted molar refractivity (Wildman–Crippen MR) is 63.4 cm³/mol. The molecule has 0 saturated heterocycles. The molecular formula is C12H8N4O2. The van der Waals surface area contributed by atoms with Gasteiger partial charge in [0.05, 0.1) is 17.3 Å². The minimum Gasteiger partial charge on any atom is -0.464 e. The standard InChI is InChI=1S/C12H8N4O2/c13-8-9-2-4-10(5-3-9)16(12(17)18)11-14-6-1-7-15-11/h1-7H,(H,17,18). The molecule has 2 rings (SSSR count). The number of anilines is 2. The highest BCUT2D eigenvalue weighted by Crippen LogP contribution is 2.21. The molecule has 2 aromatic rings. The minimum atomic E-state index is -1.19. The quantitative estimate of drug-likeness (QED) is 0.868. The second-order valence-corrected chi connectivity index (χ2v) is 3.33. The summed E-state index contributed by atoms with van der Waals surface area (Å²) in [6.07, 6.45) is 1.73. The van der Waals surface area contributed by atoms with Gasteiger partial charge in [0.25, 0.3) is 0 Å². The highest BCUT2D eigenvalue weighted by atomic mass is 16.4. The molecule has 1 amide bonds. The molecule has 0 fully saturated rings. The SMILES string of the molecule is N#Cc1ccc(N(C(=O)O)c2ncccn2)cc1. The molecule has 18 heavy (non-hydrogen) atoms. The van der Waals surface area contributed by atoms with Crippen LogP contribution in [0.2, 0.25) is 0 Å². The lowest BCUT2D eigenvalue weighted by molar-refractivity contribution is 0.204. The van der Waals surface area contributed by atoms with Crippen LogP contribution in [0.3, 0.4) is 0 Å². The van der Waals surface area contributed by atoms with Gasteiger partial charge in [-0.2, -0.15) is 5.26 Å². The van der Waals surface area contributed by atoms with Crippen LogP contribution in [0.25, 0.3) is 0 Å². The molecule has 0 spiro atoms. The summed E-state index contributed by atoms with van der Waals surface area (Å²) in [7, 11) is 0. The number of hydrogen-bond acceptors (Lipinski definition) is 4. The number of hydrogen-bond donors (Lipinski definition) is 1. The van der Waals surface area contributed by atoms with Gasteiger partial charge < -0.3 is 5.11 Å². The number of amides is 1. The smallest absolute Gasteiger partial charge is 0.418 e. The Morgan fingerprint density at radius 2 is 1.83 bits per heavy atom. The summed E-state index contributed by atoms with van der Waals surface area (Å²) in [5.74, 6) is 0.0645. The summed E-state index contributed by atoms with van der Waals surface area (Å²) in [6, 6.07) is 9.70. The summed E-state index contributed by atoms with van der Waals surface area (Å²) in [5, 5.41) is 17.9. The highest BCUT2D eigenvalue weighted by molar-refractivity contribution is 5.92.